The Bertz CT molecular complexity index is 923. The molecule has 4 rings (SSSR count). The second-order valence-corrected chi connectivity index (χ2v) is 8.25. The van der Waals surface area contributed by atoms with Crippen molar-refractivity contribution >= 4 is 0 Å². The van der Waals surface area contributed by atoms with E-state index in [0.29, 0.717) is 36.7 Å². The molecule has 1 aliphatic rings. The average Bonchev–Trinajstić information content (AvgIpc) is 3.20. The fourth-order valence-electron chi connectivity index (χ4n) is 3.87. The molecule has 1 aliphatic heterocycles. The molecule has 0 spiro atoms. The quantitative estimate of drug-likeness (QED) is 0.570. The van der Waals surface area contributed by atoms with Gasteiger partial charge in [-0.25, -0.2) is 0 Å². The Morgan fingerprint density at radius 3 is 2.62 bits per heavy atom. The summed E-state index contributed by atoms with van der Waals surface area (Å²) in [5.74, 6) is 2.09. The molecular weight excluding hydrogens is 362 g/mol. The molecule has 0 saturated heterocycles. The van der Waals surface area contributed by atoms with Crippen LogP contribution in [0.15, 0.2) is 59.1 Å². The highest BCUT2D eigenvalue weighted by Crippen LogP contribution is 2.34. The third-order valence-electron chi connectivity index (χ3n) is 5.35. The van der Waals surface area contributed by atoms with E-state index >= 15 is 0 Å². The fourth-order valence-corrected chi connectivity index (χ4v) is 3.87. The lowest BCUT2D eigenvalue weighted by Gasteiger charge is -2.34. The number of nitrogens with zero attached hydrogens (tertiary/aromatic N) is 3. The first-order valence-corrected chi connectivity index (χ1v) is 10.4. The van der Waals surface area contributed by atoms with Crippen molar-refractivity contribution in [2.45, 2.75) is 45.9 Å². The maximum atomic E-state index is 5.82. The van der Waals surface area contributed by atoms with E-state index in [-0.39, 0.29) is 6.10 Å². The van der Waals surface area contributed by atoms with Crippen LogP contribution in [0.4, 0.5) is 0 Å². The minimum Gasteiger partial charge on any atom is -0.370 e. The van der Waals surface area contributed by atoms with Gasteiger partial charge in [0.1, 0.15) is 6.10 Å². The first-order valence-electron chi connectivity index (χ1n) is 10.4. The SMILES string of the molecule is CC(C)COC(C)c1noc(CN2Cc3ccccc3C(c3ccccc3)C2)n1. The van der Waals surface area contributed by atoms with Gasteiger partial charge in [-0.1, -0.05) is 73.6 Å². The molecule has 0 saturated carbocycles. The zero-order valence-electron chi connectivity index (χ0n) is 17.4. The number of hydrogen-bond acceptors (Lipinski definition) is 5. The summed E-state index contributed by atoms with van der Waals surface area (Å²) in [7, 11) is 0. The summed E-state index contributed by atoms with van der Waals surface area (Å²) in [4.78, 5) is 6.98. The Balaban J connectivity index is 1.49. The highest BCUT2D eigenvalue weighted by Gasteiger charge is 2.27. The summed E-state index contributed by atoms with van der Waals surface area (Å²) in [6.45, 7) is 9.38. The molecule has 0 amide bonds. The summed E-state index contributed by atoms with van der Waals surface area (Å²) >= 11 is 0. The van der Waals surface area contributed by atoms with Gasteiger partial charge in [-0.05, 0) is 29.5 Å². The Labute approximate surface area is 172 Å². The van der Waals surface area contributed by atoms with E-state index in [1.807, 2.05) is 6.92 Å². The zero-order chi connectivity index (χ0) is 20.2. The Kier molecular flexibility index (Phi) is 6.07. The first kappa shape index (κ1) is 19.8. The highest BCUT2D eigenvalue weighted by atomic mass is 16.5. The largest absolute Gasteiger partial charge is 0.370 e. The van der Waals surface area contributed by atoms with Crippen LogP contribution < -0.4 is 0 Å². The molecule has 2 atom stereocenters. The van der Waals surface area contributed by atoms with E-state index in [1.54, 1.807) is 0 Å². The van der Waals surface area contributed by atoms with Crippen LogP contribution in [0.2, 0.25) is 0 Å². The van der Waals surface area contributed by atoms with E-state index in [2.05, 4.69) is 83.5 Å². The van der Waals surface area contributed by atoms with Crippen molar-refractivity contribution in [1.82, 2.24) is 15.0 Å². The van der Waals surface area contributed by atoms with Crippen molar-refractivity contribution in [2.24, 2.45) is 5.92 Å². The minimum absolute atomic E-state index is 0.158. The van der Waals surface area contributed by atoms with Crippen molar-refractivity contribution in [1.29, 1.82) is 0 Å². The first-order chi connectivity index (χ1) is 14.1. The molecule has 0 aliphatic carbocycles. The zero-order valence-corrected chi connectivity index (χ0v) is 17.4. The van der Waals surface area contributed by atoms with Gasteiger partial charge in [0.15, 0.2) is 5.82 Å². The summed E-state index contributed by atoms with van der Waals surface area (Å²) in [6.07, 6.45) is -0.158. The predicted octanol–water partition coefficient (Wildman–Crippen LogP) is 4.95. The predicted molar refractivity (Wildman–Crippen MR) is 112 cm³/mol. The number of benzene rings is 2. The second kappa shape index (κ2) is 8.89. The van der Waals surface area contributed by atoms with Crippen LogP contribution in [0.3, 0.4) is 0 Å². The molecule has 5 nitrogen and oxygen atoms in total. The molecule has 29 heavy (non-hydrogen) atoms. The molecule has 0 radical (unpaired) electrons. The van der Waals surface area contributed by atoms with Crippen molar-refractivity contribution in [3.8, 4) is 0 Å². The van der Waals surface area contributed by atoms with Gasteiger partial charge >= 0.3 is 0 Å². The van der Waals surface area contributed by atoms with E-state index < -0.39 is 0 Å². The summed E-state index contributed by atoms with van der Waals surface area (Å²) in [5.41, 5.74) is 4.12. The second-order valence-electron chi connectivity index (χ2n) is 8.25. The lowest BCUT2D eigenvalue weighted by atomic mass is 9.85. The van der Waals surface area contributed by atoms with E-state index in [4.69, 9.17) is 9.26 Å². The Hall–Kier alpha value is -2.50. The van der Waals surface area contributed by atoms with Gasteiger partial charge in [0.2, 0.25) is 5.89 Å². The van der Waals surface area contributed by atoms with Crippen LogP contribution in [0.1, 0.15) is 61.2 Å². The molecule has 0 fully saturated rings. The minimum atomic E-state index is -0.158. The van der Waals surface area contributed by atoms with Gasteiger partial charge in [-0.2, -0.15) is 4.98 Å². The van der Waals surface area contributed by atoms with Gasteiger partial charge in [0, 0.05) is 25.6 Å². The lowest BCUT2D eigenvalue weighted by molar-refractivity contribution is 0.0402. The van der Waals surface area contributed by atoms with Crippen LogP contribution in [-0.2, 0) is 17.8 Å². The van der Waals surface area contributed by atoms with Gasteiger partial charge in [-0.3, -0.25) is 4.90 Å². The smallest absolute Gasteiger partial charge is 0.240 e. The summed E-state index contributed by atoms with van der Waals surface area (Å²) in [5, 5.41) is 4.14. The van der Waals surface area contributed by atoms with Crippen LogP contribution in [0, 0.1) is 5.92 Å². The number of ether oxygens (including phenoxy) is 1. The Morgan fingerprint density at radius 2 is 1.83 bits per heavy atom. The Morgan fingerprint density at radius 1 is 1.07 bits per heavy atom. The lowest BCUT2D eigenvalue weighted by Crippen LogP contribution is -2.33. The van der Waals surface area contributed by atoms with Crippen molar-refractivity contribution in [3.63, 3.8) is 0 Å². The number of hydrogen-bond donors (Lipinski definition) is 0. The molecule has 1 aromatic heterocycles. The summed E-state index contributed by atoms with van der Waals surface area (Å²) in [6, 6.07) is 19.4. The molecular formula is C24H29N3O2. The van der Waals surface area contributed by atoms with Gasteiger partial charge in [-0.15, -0.1) is 0 Å². The standard InChI is InChI=1S/C24H29N3O2/c1-17(2)16-28-18(3)24-25-23(29-26-24)15-27-13-20-11-7-8-12-21(20)22(14-27)19-9-5-4-6-10-19/h4-12,17-18,22H,13-16H2,1-3H3. The third kappa shape index (κ3) is 4.74. The highest BCUT2D eigenvalue weighted by molar-refractivity contribution is 5.40. The number of aromatic nitrogens is 2. The molecule has 5 heteroatoms. The van der Waals surface area contributed by atoms with E-state index in [9.17, 15) is 0 Å². The number of fused-ring (bicyclic) bond motifs is 1. The van der Waals surface area contributed by atoms with Gasteiger partial charge in [0.05, 0.1) is 6.54 Å². The fraction of sp³-hybridized carbons (Fsp3) is 0.417. The number of rotatable bonds is 7. The van der Waals surface area contributed by atoms with Crippen LogP contribution in [0.5, 0.6) is 0 Å². The van der Waals surface area contributed by atoms with Crippen molar-refractivity contribution in [2.75, 3.05) is 13.2 Å². The molecule has 0 bridgehead atoms. The van der Waals surface area contributed by atoms with E-state index in [1.165, 1.54) is 16.7 Å². The molecule has 2 heterocycles. The van der Waals surface area contributed by atoms with Crippen molar-refractivity contribution < 1.29 is 9.26 Å². The van der Waals surface area contributed by atoms with Crippen LogP contribution in [-0.4, -0.2) is 28.2 Å². The average molecular weight is 392 g/mol. The molecule has 2 aromatic carbocycles. The third-order valence-corrected chi connectivity index (χ3v) is 5.35. The molecule has 3 aromatic rings. The maximum absolute atomic E-state index is 5.82. The van der Waals surface area contributed by atoms with Gasteiger partial charge in [0.25, 0.3) is 0 Å². The van der Waals surface area contributed by atoms with Crippen molar-refractivity contribution in [3.05, 3.63) is 83.0 Å². The molecule has 0 N–H and O–H groups in total. The monoisotopic (exact) mass is 391 g/mol. The molecule has 2 unspecified atom stereocenters. The van der Waals surface area contributed by atoms with Gasteiger partial charge < -0.3 is 9.26 Å². The van der Waals surface area contributed by atoms with Crippen LogP contribution >= 0.6 is 0 Å². The summed E-state index contributed by atoms with van der Waals surface area (Å²) < 4.78 is 11.4. The van der Waals surface area contributed by atoms with Crippen LogP contribution in [0.25, 0.3) is 0 Å². The topological polar surface area (TPSA) is 51.4 Å². The maximum Gasteiger partial charge on any atom is 0.240 e. The molecule has 152 valence electrons. The normalized spacial score (nSPS) is 18.0. The van der Waals surface area contributed by atoms with E-state index in [0.717, 1.165) is 13.1 Å².